The number of hydrogen-bond acceptors (Lipinski definition) is 8. The third-order valence-corrected chi connectivity index (χ3v) is 3.10. The molecule has 0 aliphatic carbocycles. The van der Waals surface area contributed by atoms with Crippen LogP contribution >= 0.6 is 0 Å². The van der Waals surface area contributed by atoms with Crippen LogP contribution in [0.2, 0.25) is 0 Å². The molecule has 0 fully saturated rings. The van der Waals surface area contributed by atoms with Crippen molar-refractivity contribution in [2.75, 3.05) is 26.9 Å². The van der Waals surface area contributed by atoms with E-state index in [9.17, 15) is 9.59 Å². The molecule has 1 aromatic heterocycles. The highest BCUT2D eigenvalue weighted by Crippen LogP contribution is 2.32. The zero-order valence-electron chi connectivity index (χ0n) is 14.2. The predicted octanol–water partition coefficient (Wildman–Crippen LogP) is 1.60. The Labute approximate surface area is 144 Å². The van der Waals surface area contributed by atoms with Gasteiger partial charge in [-0.1, -0.05) is 0 Å². The molecule has 1 aromatic carbocycles. The lowest BCUT2D eigenvalue weighted by atomic mass is 10.1. The zero-order chi connectivity index (χ0) is 18.2. The summed E-state index contributed by atoms with van der Waals surface area (Å²) in [4.78, 5) is 22.6. The average Bonchev–Trinajstić information content (AvgIpc) is 3.08. The molecule has 0 aliphatic rings. The Hall–Kier alpha value is -3.10. The first kappa shape index (κ1) is 18.2. The lowest BCUT2D eigenvalue weighted by molar-refractivity contribution is -0.141. The highest BCUT2D eigenvalue weighted by atomic mass is 16.6. The van der Waals surface area contributed by atoms with Crippen molar-refractivity contribution in [1.29, 1.82) is 0 Å². The van der Waals surface area contributed by atoms with Gasteiger partial charge in [-0.25, -0.2) is 4.79 Å². The monoisotopic (exact) mass is 349 g/mol. The smallest absolute Gasteiger partial charge is 0.361 e. The summed E-state index contributed by atoms with van der Waals surface area (Å²) in [5, 5.41) is 10.3. The molecular weight excluding hydrogens is 330 g/mol. The van der Waals surface area contributed by atoms with Crippen molar-refractivity contribution in [2.24, 2.45) is 0 Å². The third kappa shape index (κ3) is 4.69. The summed E-state index contributed by atoms with van der Waals surface area (Å²) in [5.41, 5.74) is 1.05. The number of benzene rings is 1. The molecule has 134 valence electrons. The van der Waals surface area contributed by atoms with Gasteiger partial charge in [0.2, 0.25) is 0 Å². The van der Waals surface area contributed by atoms with Gasteiger partial charge in [-0.3, -0.25) is 4.79 Å². The molecule has 2 rings (SSSR count). The van der Waals surface area contributed by atoms with E-state index in [0.717, 1.165) is 0 Å². The van der Waals surface area contributed by atoms with Crippen LogP contribution in [0.4, 0.5) is 0 Å². The zero-order valence-corrected chi connectivity index (χ0v) is 14.2. The van der Waals surface area contributed by atoms with Gasteiger partial charge in [-0.15, -0.1) is 5.10 Å². The summed E-state index contributed by atoms with van der Waals surface area (Å²) < 4.78 is 20.6. The minimum atomic E-state index is -0.563. The van der Waals surface area contributed by atoms with E-state index in [-0.39, 0.29) is 31.5 Å². The molecule has 1 heterocycles. The van der Waals surface area contributed by atoms with Crippen LogP contribution in [0.25, 0.3) is 11.3 Å². The predicted molar refractivity (Wildman–Crippen MR) is 86.5 cm³/mol. The first-order chi connectivity index (χ1) is 12.1. The number of rotatable bonds is 8. The Balaban J connectivity index is 2.17. The molecule has 0 saturated heterocycles. The molecule has 0 amide bonds. The van der Waals surface area contributed by atoms with Crippen LogP contribution in [0, 0.1) is 0 Å². The number of nitrogens with one attached hydrogen (secondary N) is 1. The number of H-pyrrole nitrogens is 1. The number of ether oxygens (including phenoxy) is 4. The lowest BCUT2D eigenvalue weighted by Crippen LogP contribution is -2.10. The molecule has 0 radical (unpaired) electrons. The van der Waals surface area contributed by atoms with E-state index in [2.05, 4.69) is 15.4 Å². The fourth-order valence-electron chi connectivity index (χ4n) is 2.05. The number of aromatic amines is 1. The Kier molecular flexibility index (Phi) is 6.33. The van der Waals surface area contributed by atoms with Crippen molar-refractivity contribution in [2.45, 2.75) is 13.8 Å². The molecule has 25 heavy (non-hydrogen) atoms. The van der Waals surface area contributed by atoms with E-state index in [4.69, 9.17) is 18.9 Å². The van der Waals surface area contributed by atoms with Gasteiger partial charge in [-0.2, -0.15) is 10.3 Å². The van der Waals surface area contributed by atoms with E-state index in [1.54, 1.807) is 25.1 Å². The van der Waals surface area contributed by atoms with Crippen molar-refractivity contribution in [3.05, 3.63) is 23.9 Å². The van der Waals surface area contributed by atoms with Crippen molar-refractivity contribution in [1.82, 2.24) is 15.4 Å². The van der Waals surface area contributed by atoms with Gasteiger partial charge in [0, 0.05) is 12.5 Å². The van der Waals surface area contributed by atoms with Gasteiger partial charge >= 0.3 is 11.9 Å². The van der Waals surface area contributed by atoms with Crippen molar-refractivity contribution in [3.8, 4) is 22.8 Å². The van der Waals surface area contributed by atoms with Gasteiger partial charge in [0.25, 0.3) is 0 Å². The van der Waals surface area contributed by atoms with Crippen LogP contribution in [0.3, 0.4) is 0 Å². The Morgan fingerprint density at radius 1 is 1.12 bits per heavy atom. The van der Waals surface area contributed by atoms with Gasteiger partial charge in [0.15, 0.2) is 17.2 Å². The maximum absolute atomic E-state index is 11.9. The molecule has 1 N–H and O–H groups in total. The van der Waals surface area contributed by atoms with Crippen LogP contribution in [-0.4, -0.2) is 54.3 Å². The number of carbonyl (C=O) groups is 2. The van der Waals surface area contributed by atoms with Crippen LogP contribution in [0.15, 0.2) is 18.2 Å². The van der Waals surface area contributed by atoms with Crippen LogP contribution in [0.5, 0.6) is 11.5 Å². The van der Waals surface area contributed by atoms with Gasteiger partial charge in [0.05, 0.1) is 13.7 Å². The van der Waals surface area contributed by atoms with Crippen molar-refractivity contribution >= 4 is 11.9 Å². The number of methoxy groups -OCH3 is 1. The van der Waals surface area contributed by atoms with E-state index in [1.807, 2.05) is 0 Å². The van der Waals surface area contributed by atoms with Crippen LogP contribution in [-0.2, 0) is 14.3 Å². The minimum absolute atomic E-state index is 0.0902. The first-order valence-corrected chi connectivity index (χ1v) is 7.59. The summed E-state index contributed by atoms with van der Waals surface area (Å²) in [5.74, 6) is -0.0203. The van der Waals surface area contributed by atoms with Crippen molar-refractivity contribution in [3.63, 3.8) is 0 Å². The largest absolute Gasteiger partial charge is 0.493 e. The molecule has 2 aromatic rings. The minimum Gasteiger partial charge on any atom is -0.493 e. The molecule has 9 nitrogen and oxygen atoms in total. The summed E-state index contributed by atoms with van der Waals surface area (Å²) >= 11 is 0. The fourth-order valence-corrected chi connectivity index (χ4v) is 2.05. The molecule has 0 spiro atoms. The Morgan fingerprint density at radius 3 is 2.60 bits per heavy atom. The molecule has 0 saturated carbocycles. The average molecular weight is 349 g/mol. The second-order valence-electron chi connectivity index (χ2n) is 4.80. The normalized spacial score (nSPS) is 10.2. The Bertz CT molecular complexity index is 743. The van der Waals surface area contributed by atoms with Gasteiger partial charge < -0.3 is 18.9 Å². The van der Waals surface area contributed by atoms with Gasteiger partial charge in [-0.05, 0) is 25.1 Å². The Morgan fingerprint density at radius 2 is 1.92 bits per heavy atom. The number of aromatic nitrogens is 3. The SMILES string of the molecule is CCOC(=O)c1n[nH]nc1-c1ccc(OCCOC(C)=O)c(OC)c1. The third-order valence-electron chi connectivity index (χ3n) is 3.10. The maximum Gasteiger partial charge on any atom is 0.361 e. The number of carbonyl (C=O) groups excluding carboxylic acids is 2. The van der Waals surface area contributed by atoms with Gasteiger partial charge in [0.1, 0.15) is 18.9 Å². The van der Waals surface area contributed by atoms with Crippen LogP contribution < -0.4 is 9.47 Å². The van der Waals surface area contributed by atoms with E-state index < -0.39 is 5.97 Å². The number of hydrogen-bond donors (Lipinski definition) is 1. The number of nitrogens with zero attached hydrogens (tertiary/aromatic N) is 2. The highest BCUT2D eigenvalue weighted by molar-refractivity contribution is 5.94. The summed E-state index contributed by atoms with van der Waals surface area (Å²) in [7, 11) is 1.49. The van der Waals surface area contributed by atoms with Crippen molar-refractivity contribution < 1.29 is 28.5 Å². The van der Waals surface area contributed by atoms with Crippen LogP contribution in [0.1, 0.15) is 24.3 Å². The second kappa shape index (κ2) is 8.67. The molecule has 9 heteroatoms. The highest BCUT2D eigenvalue weighted by Gasteiger charge is 2.20. The summed E-state index contributed by atoms with van der Waals surface area (Å²) in [6.07, 6.45) is 0. The summed E-state index contributed by atoms with van der Waals surface area (Å²) in [6, 6.07) is 5.05. The lowest BCUT2D eigenvalue weighted by Gasteiger charge is -2.12. The topological polar surface area (TPSA) is 113 Å². The maximum atomic E-state index is 11.9. The molecule has 0 unspecified atom stereocenters. The molecule has 0 bridgehead atoms. The standard InChI is InChI=1S/C16H19N3O6/c1-4-23-16(21)15-14(17-19-18-15)11-5-6-12(13(9-11)22-3)25-8-7-24-10(2)20/h5-6,9H,4,7-8H2,1-3H3,(H,17,18,19). The fraction of sp³-hybridized carbons (Fsp3) is 0.375. The first-order valence-electron chi connectivity index (χ1n) is 7.59. The van der Waals surface area contributed by atoms with E-state index in [1.165, 1.54) is 14.0 Å². The quantitative estimate of drug-likeness (QED) is 0.565. The van der Waals surface area contributed by atoms with E-state index >= 15 is 0 Å². The molecule has 0 atom stereocenters. The number of esters is 2. The summed E-state index contributed by atoms with van der Waals surface area (Å²) in [6.45, 7) is 3.60. The molecule has 0 aliphatic heterocycles. The van der Waals surface area contributed by atoms with E-state index in [0.29, 0.717) is 22.8 Å². The molecular formula is C16H19N3O6. The second-order valence-corrected chi connectivity index (χ2v) is 4.80.